The van der Waals surface area contributed by atoms with Gasteiger partial charge in [0.05, 0.1) is 48.4 Å². The molecule has 7 nitrogen and oxygen atoms in total. The molecule has 152 valence electrons. The number of nitrogens with zero attached hydrogens (tertiary/aromatic N) is 4. The Kier molecular flexibility index (Phi) is 4.90. The first-order chi connectivity index (χ1) is 14.7. The van der Waals surface area contributed by atoms with E-state index in [2.05, 4.69) is 4.98 Å². The zero-order chi connectivity index (χ0) is 20.5. The van der Waals surface area contributed by atoms with Crippen molar-refractivity contribution >= 4 is 27.8 Å². The van der Waals surface area contributed by atoms with Crippen LogP contribution in [0.2, 0.25) is 0 Å². The summed E-state index contributed by atoms with van der Waals surface area (Å²) in [5.74, 6) is 0.709. The summed E-state index contributed by atoms with van der Waals surface area (Å²) in [6.07, 6.45) is 1.24. The first-order valence-corrected chi connectivity index (χ1v) is 9.97. The van der Waals surface area contributed by atoms with Gasteiger partial charge in [-0.3, -0.25) is 9.78 Å². The molecule has 30 heavy (non-hydrogen) atoms. The summed E-state index contributed by atoms with van der Waals surface area (Å²) >= 11 is 0. The normalized spacial score (nSPS) is 14.6. The highest BCUT2D eigenvalue weighted by molar-refractivity contribution is 6.05. The lowest BCUT2D eigenvalue weighted by molar-refractivity contribution is -0.0587. The minimum atomic E-state index is -0.434. The van der Waals surface area contributed by atoms with Crippen LogP contribution in [0.15, 0.2) is 60.8 Å². The number of para-hydroxylation sites is 3. The van der Waals surface area contributed by atoms with E-state index >= 15 is 0 Å². The lowest BCUT2D eigenvalue weighted by Gasteiger charge is -2.25. The Balaban J connectivity index is 1.52. The third-order valence-electron chi connectivity index (χ3n) is 5.44. The number of imidazole rings is 1. The molecule has 0 spiro atoms. The van der Waals surface area contributed by atoms with Gasteiger partial charge in [-0.2, -0.15) is 0 Å². The molecule has 2 aromatic heterocycles. The summed E-state index contributed by atoms with van der Waals surface area (Å²) in [7, 11) is 1.97. The van der Waals surface area contributed by atoms with E-state index in [-0.39, 0.29) is 5.91 Å². The van der Waals surface area contributed by atoms with Crippen molar-refractivity contribution in [3.8, 4) is 0 Å². The molecule has 1 fully saturated rings. The van der Waals surface area contributed by atoms with Crippen LogP contribution < -0.4 is 0 Å². The van der Waals surface area contributed by atoms with Crippen LogP contribution in [0.1, 0.15) is 16.2 Å². The summed E-state index contributed by atoms with van der Waals surface area (Å²) in [6, 6.07) is 17.4. The zero-order valence-corrected chi connectivity index (χ0v) is 16.7. The molecule has 1 saturated heterocycles. The predicted octanol–water partition coefficient (Wildman–Crippen LogP) is 3.14. The molecule has 0 aliphatic carbocycles. The molecule has 1 amide bonds. The van der Waals surface area contributed by atoms with Gasteiger partial charge in [-0.1, -0.05) is 30.3 Å². The van der Waals surface area contributed by atoms with Gasteiger partial charge >= 0.3 is 0 Å². The first-order valence-electron chi connectivity index (χ1n) is 9.97. The number of ether oxygens (including phenoxy) is 2. The highest BCUT2D eigenvalue weighted by Crippen LogP contribution is 2.21. The predicted molar refractivity (Wildman–Crippen MR) is 113 cm³/mol. The minimum Gasteiger partial charge on any atom is -0.348 e. The fourth-order valence-electron chi connectivity index (χ4n) is 3.87. The number of aromatic nitrogens is 3. The van der Waals surface area contributed by atoms with Crippen molar-refractivity contribution in [3.63, 3.8) is 0 Å². The molecular formula is C23H22N4O3. The molecule has 1 aliphatic rings. The van der Waals surface area contributed by atoms with Crippen LogP contribution in [0.5, 0.6) is 0 Å². The maximum atomic E-state index is 13.6. The smallest absolute Gasteiger partial charge is 0.255 e. The number of hydrogen-bond donors (Lipinski definition) is 0. The Hall–Kier alpha value is -3.29. The van der Waals surface area contributed by atoms with Gasteiger partial charge < -0.3 is 18.9 Å². The quantitative estimate of drug-likeness (QED) is 0.513. The third-order valence-corrected chi connectivity index (χ3v) is 5.44. The summed E-state index contributed by atoms with van der Waals surface area (Å²) in [6.45, 7) is 1.76. The highest BCUT2D eigenvalue weighted by atomic mass is 16.7. The van der Waals surface area contributed by atoms with E-state index in [1.807, 2.05) is 60.1 Å². The highest BCUT2D eigenvalue weighted by Gasteiger charge is 2.26. The number of pyridine rings is 1. The summed E-state index contributed by atoms with van der Waals surface area (Å²) in [5.41, 5.74) is 3.34. The summed E-state index contributed by atoms with van der Waals surface area (Å²) < 4.78 is 13.3. The van der Waals surface area contributed by atoms with Gasteiger partial charge in [0.1, 0.15) is 5.82 Å². The van der Waals surface area contributed by atoms with Crippen molar-refractivity contribution in [3.05, 3.63) is 72.2 Å². The molecule has 0 N–H and O–H groups in total. The standard InChI is InChI=1S/C23H22N4O3/c1-26-20-9-5-4-8-19(20)25-21(26)14-27(15-22-29-12-13-30-22)23(28)17-10-11-24-18-7-3-2-6-16(17)18/h2-11,22H,12-15H2,1H3. The second kappa shape index (κ2) is 7.85. The Labute approximate surface area is 173 Å². The van der Waals surface area contributed by atoms with Crippen molar-refractivity contribution < 1.29 is 14.3 Å². The molecular weight excluding hydrogens is 380 g/mol. The van der Waals surface area contributed by atoms with Gasteiger partial charge in [0.25, 0.3) is 5.91 Å². The molecule has 5 rings (SSSR count). The van der Waals surface area contributed by atoms with Crippen LogP contribution in [-0.2, 0) is 23.1 Å². The number of hydrogen-bond acceptors (Lipinski definition) is 5. The van der Waals surface area contributed by atoms with Crippen molar-refractivity contribution in [1.82, 2.24) is 19.4 Å². The zero-order valence-electron chi connectivity index (χ0n) is 16.7. The van der Waals surface area contributed by atoms with E-state index in [4.69, 9.17) is 14.5 Å². The molecule has 0 bridgehead atoms. The van der Waals surface area contributed by atoms with E-state index in [9.17, 15) is 4.79 Å². The lowest BCUT2D eigenvalue weighted by atomic mass is 10.1. The van der Waals surface area contributed by atoms with Gasteiger partial charge in [0.2, 0.25) is 0 Å². The van der Waals surface area contributed by atoms with Crippen molar-refractivity contribution in [2.24, 2.45) is 7.05 Å². The average Bonchev–Trinajstić information content (AvgIpc) is 3.41. The topological polar surface area (TPSA) is 69.5 Å². The molecule has 0 saturated carbocycles. The molecule has 7 heteroatoms. The third kappa shape index (κ3) is 3.42. The number of amides is 1. The lowest BCUT2D eigenvalue weighted by Crippen LogP contribution is -2.38. The molecule has 2 aromatic carbocycles. The van der Waals surface area contributed by atoms with Crippen molar-refractivity contribution in [2.75, 3.05) is 19.8 Å². The Morgan fingerprint density at radius 1 is 1.07 bits per heavy atom. The van der Waals surface area contributed by atoms with Crippen molar-refractivity contribution in [2.45, 2.75) is 12.8 Å². The van der Waals surface area contributed by atoms with E-state index < -0.39 is 6.29 Å². The Bertz CT molecular complexity index is 1210. The Morgan fingerprint density at radius 3 is 2.60 bits per heavy atom. The van der Waals surface area contributed by atoms with Crippen LogP contribution >= 0.6 is 0 Å². The maximum Gasteiger partial charge on any atom is 0.255 e. The van der Waals surface area contributed by atoms with Crippen LogP contribution in [0.25, 0.3) is 21.9 Å². The van der Waals surface area contributed by atoms with Gasteiger partial charge in [-0.15, -0.1) is 0 Å². The molecule has 4 aromatic rings. The van der Waals surface area contributed by atoms with Crippen LogP contribution in [0.4, 0.5) is 0 Å². The second-order valence-corrected chi connectivity index (χ2v) is 7.31. The van der Waals surface area contributed by atoms with Gasteiger partial charge in [-0.25, -0.2) is 4.98 Å². The molecule has 1 aliphatic heterocycles. The van der Waals surface area contributed by atoms with Crippen molar-refractivity contribution in [1.29, 1.82) is 0 Å². The number of aryl methyl sites for hydroxylation is 1. The molecule has 3 heterocycles. The molecule has 0 atom stereocenters. The number of fused-ring (bicyclic) bond motifs is 2. The van der Waals surface area contributed by atoms with E-state index in [0.29, 0.717) is 31.9 Å². The fraction of sp³-hybridized carbons (Fsp3) is 0.261. The van der Waals surface area contributed by atoms with Crippen LogP contribution in [-0.4, -0.2) is 51.4 Å². The number of benzene rings is 2. The maximum absolute atomic E-state index is 13.6. The van der Waals surface area contributed by atoms with E-state index in [1.165, 1.54) is 0 Å². The summed E-state index contributed by atoms with van der Waals surface area (Å²) in [4.78, 5) is 24.5. The van der Waals surface area contributed by atoms with E-state index in [1.54, 1.807) is 17.2 Å². The number of carbonyl (C=O) groups is 1. The van der Waals surface area contributed by atoms with Gasteiger partial charge in [0, 0.05) is 18.6 Å². The minimum absolute atomic E-state index is 0.0974. The SMILES string of the molecule is Cn1c(CN(CC2OCCO2)C(=O)c2ccnc3ccccc23)nc2ccccc21. The van der Waals surface area contributed by atoms with E-state index in [0.717, 1.165) is 27.8 Å². The monoisotopic (exact) mass is 402 g/mol. The molecule has 0 unspecified atom stereocenters. The molecule has 0 radical (unpaired) electrons. The average molecular weight is 402 g/mol. The largest absolute Gasteiger partial charge is 0.348 e. The summed E-state index contributed by atoms with van der Waals surface area (Å²) in [5, 5.41) is 0.827. The number of rotatable bonds is 5. The van der Waals surface area contributed by atoms with Crippen LogP contribution in [0.3, 0.4) is 0 Å². The first kappa shape index (κ1) is 18.7. The van der Waals surface area contributed by atoms with Gasteiger partial charge in [-0.05, 0) is 24.3 Å². The van der Waals surface area contributed by atoms with Crippen LogP contribution in [0, 0.1) is 0 Å². The fourth-order valence-corrected chi connectivity index (χ4v) is 3.87. The second-order valence-electron chi connectivity index (χ2n) is 7.31. The number of carbonyl (C=O) groups excluding carboxylic acids is 1. The van der Waals surface area contributed by atoms with Gasteiger partial charge in [0.15, 0.2) is 6.29 Å². The Morgan fingerprint density at radius 2 is 1.80 bits per heavy atom.